The van der Waals surface area contributed by atoms with Gasteiger partial charge in [0.05, 0.1) is 12.1 Å². The van der Waals surface area contributed by atoms with Crippen LogP contribution in [0.3, 0.4) is 0 Å². The number of likely N-dealkylation sites (tertiary alicyclic amines) is 2. The van der Waals surface area contributed by atoms with Gasteiger partial charge >= 0.3 is 6.03 Å². The largest absolute Gasteiger partial charge is 0.393 e. The van der Waals surface area contributed by atoms with Gasteiger partial charge in [0.1, 0.15) is 0 Å². The van der Waals surface area contributed by atoms with Crippen LogP contribution in [0.1, 0.15) is 85.3 Å². The first-order valence-electron chi connectivity index (χ1n) is 15.5. The Morgan fingerprint density at radius 1 is 0.775 bits per heavy atom. The molecule has 7 nitrogen and oxygen atoms in total. The van der Waals surface area contributed by atoms with Crippen LogP contribution in [-0.4, -0.2) is 87.6 Å². The molecule has 1 N–H and O–H groups in total. The molecule has 0 spiro atoms. The zero-order chi connectivity index (χ0) is 27.5. The predicted octanol–water partition coefficient (Wildman–Crippen LogP) is 5.06. The van der Waals surface area contributed by atoms with Gasteiger partial charge in [0.2, 0.25) is 0 Å². The van der Waals surface area contributed by atoms with E-state index in [0.29, 0.717) is 32.0 Å². The Morgan fingerprint density at radius 3 is 2.12 bits per heavy atom. The van der Waals surface area contributed by atoms with Crippen molar-refractivity contribution in [1.82, 2.24) is 19.6 Å². The number of aliphatic hydroxyl groups excluding tert-OH is 1. The number of nitrogens with zero attached hydrogens (tertiary/aromatic N) is 4. The van der Waals surface area contributed by atoms with Crippen molar-refractivity contribution in [3.8, 4) is 0 Å². The van der Waals surface area contributed by atoms with Gasteiger partial charge in [0.25, 0.3) is 5.91 Å². The van der Waals surface area contributed by atoms with Gasteiger partial charge in [-0.1, -0.05) is 61.7 Å². The monoisotopic (exact) mass is 544 g/mol. The highest BCUT2D eigenvalue weighted by atomic mass is 16.3. The second kappa shape index (κ2) is 12.3. The van der Waals surface area contributed by atoms with Gasteiger partial charge in [-0.15, -0.1) is 0 Å². The molecule has 40 heavy (non-hydrogen) atoms. The Bertz CT molecular complexity index is 1130. The molecule has 3 saturated heterocycles. The van der Waals surface area contributed by atoms with E-state index in [1.807, 2.05) is 17.0 Å². The second-order valence-electron chi connectivity index (χ2n) is 12.3. The number of carbonyl (C=O) groups is 2. The maximum atomic E-state index is 13.9. The van der Waals surface area contributed by atoms with Crippen molar-refractivity contribution in [3.05, 3.63) is 71.3 Å². The topological polar surface area (TPSA) is 67.3 Å². The summed E-state index contributed by atoms with van der Waals surface area (Å²) in [5, 5.41) is 9.73. The van der Waals surface area contributed by atoms with Crippen molar-refractivity contribution in [3.63, 3.8) is 0 Å². The van der Waals surface area contributed by atoms with E-state index in [-0.39, 0.29) is 30.1 Å². The number of aliphatic hydroxyl groups is 1. The molecular weight excluding hydrogens is 500 g/mol. The smallest absolute Gasteiger partial charge is 0.321 e. The Labute approximate surface area is 238 Å². The summed E-state index contributed by atoms with van der Waals surface area (Å²) < 4.78 is 0. The van der Waals surface area contributed by atoms with E-state index < -0.39 is 0 Å². The van der Waals surface area contributed by atoms with Gasteiger partial charge in [-0.25, -0.2) is 4.79 Å². The fourth-order valence-corrected chi connectivity index (χ4v) is 7.30. The molecule has 0 aromatic heterocycles. The minimum absolute atomic E-state index is 0.0600. The minimum atomic E-state index is -0.279. The Balaban J connectivity index is 1.07. The highest BCUT2D eigenvalue weighted by Crippen LogP contribution is 2.38. The first kappa shape index (κ1) is 27.3. The van der Waals surface area contributed by atoms with Gasteiger partial charge in [-0.3, -0.25) is 9.69 Å². The van der Waals surface area contributed by atoms with E-state index >= 15 is 0 Å². The molecule has 2 aromatic rings. The van der Waals surface area contributed by atoms with Crippen molar-refractivity contribution in [2.45, 2.75) is 88.6 Å². The van der Waals surface area contributed by atoms with Crippen molar-refractivity contribution < 1.29 is 14.7 Å². The average Bonchev–Trinajstić information content (AvgIpc) is 3.36. The van der Waals surface area contributed by atoms with Crippen LogP contribution in [-0.2, 0) is 6.54 Å². The van der Waals surface area contributed by atoms with Crippen LogP contribution in [0.4, 0.5) is 4.79 Å². The number of rotatable bonds is 6. The van der Waals surface area contributed by atoms with Crippen LogP contribution in [0.2, 0.25) is 0 Å². The lowest BCUT2D eigenvalue weighted by Gasteiger charge is -2.39. The lowest BCUT2D eigenvalue weighted by atomic mass is 9.94. The normalized spacial score (nSPS) is 24.2. The summed E-state index contributed by atoms with van der Waals surface area (Å²) in [6, 6.07) is 19.7. The van der Waals surface area contributed by atoms with E-state index in [2.05, 4.69) is 57.2 Å². The van der Waals surface area contributed by atoms with Gasteiger partial charge in [-0.05, 0) is 61.8 Å². The summed E-state index contributed by atoms with van der Waals surface area (Å²) in [4.78, 5) is 35.5. The first-order valence-corrected chi connectivity index (χ1v) is 15.5. The van der Waals surface area contributed by atoms with E-state index in [4.69, 9.17) is 0 Å². The van der Waals surface area contributed by atoms with Crippen LogP contribution >= 0.6 is 0 Å². The SMILES string of the molecule is O=C(c1ccc(CN2CCC(N3C(=O)N(C4CCCCC4)CC3c3ccccc3)CC2)cc1)N1CCC(O)CC1. The summed E-state index contributed by atoms with van der Waals surface area (Å²) in [5.41, 5.74) is 3.19. The van der Waals surface area contributed by atoms with Crippen molar-refractivity contribution in [1.29, 1.82) is 0 Å². The molecule has 1 aliphatic carbocycles. The second-order valence-corrected chi connectivity index (χ2v) is 12.3. The molecule has 6 rings (SSSR count). The van der Waals surface area contributed by atoms with Crippen molar-refractivity contribution in [2.24, 2.45) is 0 Å². The fourth-order valence-electron chi connectivity index (χ4n) is 7.30. The first-order chi connectivity index (χ1) is 19.6. The summed E-state index contributed by atoms with van der Waals surface area (Å²) in [6.07, 6.45) is 9.08. The van der Waals surface area contributed by atoms with Crippen LogP contribution in [0, 0.1) is 0 Å². The molecule has 1 unspecified atom stereocenters. The lowest BCUT2D eigenvalue weighted by molar-refractivity contribution is 0.0546. The number of piperidine rings is 2. The molecule has 214 valence electrons. The van der Waals surface area contributed by atoms with Gasteiger partial charge in [-0.2, -0.15) is 0 Å². The summed E-state index contributed by atoms with van der Waals surface area (Å²) >= 11 is 0. The van der Waals surface area contributed by atoms with Crippen molar-refractivity contribution >= 4 is 11.9 Å². The molecule has 1 saturated carbocycles. The van der Waals surface area contributed by atoms with Gasteiger partial charge in [0, 0.05) is 56.9 Å². The van der Waals surface area contributed by atoms with Gasteiger partial charge in [0.15, 0.2) is 0 Å². The zero-order valence-corrected chi connectivity index (χ0v) is 23.7. The Kier molecular flexibility index (Phi) is 8.40. The van der Waals surface area contributed by atoms with Crippen LogP contribution < -0.4 is 0 Å². The molecule has 4 fully saturated rings. The van der Waals surface area contributed by atoms with Gasteiger partial charge < -0.3 is 19.8 Å². The third kappa shape index (κ3) is 5.91. The Morgan fingerprint density at radius 2 is 1.45 bits per heavy atom. The van der Waals surface area contributed by atoms with E-state index in [1.165, 1.54) is 30.4 Å². The van der Waals surface area contributed by atoms with Crippen LogP contribution in [0.15, 0.2) is 54.6 Å². The molecule has 0 radical (unpaired) electrons. The minimum Gasteiger partial charge on any atom is -0.393 e. The van der Waals surface area contributed by atoms with Crippen LogP contribution in [0.25, 0.3) is 0 Å². The highest BCUT2D eigenvalue weighted by Gasteiger charge is 2.45. The number of hydrogen-bond donors (Lipinski definition) is 1. The van der Waals surface area contributed by atoms with Crippen LogP contribution in [0.5, 0.6) is 0 Å². The van der Waals surface area contributed by atoms with E-state index in [0.717, 1.165) is 57.4 Å². The maximum Gasteiger partial charge on any atom is 0.321 e. The molecular formula is C33H44N4O3. The molecule has 3 amide bonds. The number of hydrogen-bond acceptors (Lipinski definition) is 4. The fraction of sp³-hybridized carbons (Fsp3) is 0.576. The number of benzene rings is 2. The highest BCUT2D eigenvalue weighted by molar-refractivity contribution is 5.94. The molecule has 2 aromatic carbocycles. The number of urea groups is 1. The molecule has 3 heterocycles. The molecule has 0 bridgehead atoms. The molecule has 7 heteroatoms. The maximum absolute atomic E-state index is 13.9. The molecule has 4 aliphatic rings. The van der Waals surface area contributed by atoms with E-state index in [9.17, 15) is 14.7 Å². The third-order valence-electron chi connectivity index (χ3n) is 9.68. The predicted molar refractivity (Wildman–Crippen MR) is 156 cm³/mol. The number of amides is 3. The average molecular weight is 545 g/mol. The Hall–Kier alpha value is -2.90. The molecule has 1 atom stereocenters. The summed E-state index contributed by atoms with van der Waals surface area (Å²) in [7, 11) is 0. The summed E-state index contributed by atoms with van der Waals surface area (Å²) in [5.74, 6) is 0.0600. The van der Waals surface area contributed by atoms with Crippen molar-refractivity contribution in [2.75, 3.05) is 32.7 Å². The molecule has 3 aliphatic heterocycles. The number of carbonyl (C=O) groups excluding carboxylic acids is 2. The summed E-state index contributed by atoms with van der Waals surface area (Å²) in [6.45, 7) is 4.87. The van der Waals surface area contributed by atoms with E-state index in [1.54, 1.807) is 0 Å². The standard InChI is InChI=1S/C33H44N4O3/c38-30-17-21-35(22-18-30)32(39)27-13-11-25(12-14-27)23-34-19-15-29(16-20-34)37-31(26-7-3-1-4-8-26)24-36(33(37)40)28-9-5-2-6-10-28/h1,3-4,7-8,11-14,28-31,38H,2,5-6,9-10,15-24H2. The quantitative estimate of drug-likeness (QED) is 0.552. The lowest BCUT2D eigenvalue weighted by Crippen LogP contribution is -2.48. The zero-order valence-electron chi connectivity index (χ0n) is 23.7. The third-order valence-corrected chi connectivity index (χ3v) is 9.68.